The van der Waals surface area contributed by atoms with Crippen molar-refractivity contribution in [2.24, 2.45) is 0 Å². The molecule has 0 spiro atoms. The summed E-state index contributed by atoms with van der Waals surface area (Å²) in [5, 5.41) is 7.83. The van der Waals surface area contributed by atoms with Crippen molar-refractivity contribution >= 4 is 35.2 Å². The Hall–Kier alpha value is -4.79. The van der Waals surface area contributed by atoms with E-state index in [1.807, 2.05) is 12.2 Å². The van der Waals surface area contributed by atoms with Gasteiger partial charge in [-0.15, -0.1) is 0 Å². The van der Waals surface area contributed by atoms with E-state index in [-0.39, 0.29) is 43.5 Å². The molecule has 0 aromatic heterocycles. The van der Waals surface area contributed by atoms with E-state index in [9.17, 15) is 24.0 Å². The van der Waals surface area contributed by atoms with Crippen LogP contribution in [0, 0.1) is 0 Å². The molecule has 1 fully saturated rings. The van der Waals surface area contributed by atoms with Crippen LogP contribution in [0.4, 0.5) is 5.69 Å². The van der Waals surface area contributed by atoms with Gasteiger partial charge in [0.05, 0.1) is 0 Å². The Kier molecular flexibility index (Phi) is 15.9. The van der Waals surface area contributed by atoms with Gasteiger partial charge in [-0.2, -0.15) is 0 Å². The van der Waals surface area contributed by atoms with Crippen LogP contribution < -0.4 is 16.0 Å². The van der Waals surface area contributed by atoms with E-state index in [0.29, 0.717) is 23.2 Å². The number of nitrogens with one attached hydrogen (secondary N) is 3. The smallest absolute Gasteiger partial charge is 0.255 e. The number of benzene rings is 1. The third-order valence-electron chi connectivity index (χ3n) is 7.75. The lowest BCUT2D eigenvalue weighted by Gasteiger charge is -2.29. The highest BCUT2D eigenvalue weighted by Gasteiger charge is 2.40. The number of nitrogens with zero attached hydrogens (tertiary/aromatic N) is 1. The van der Waals surface area contributed by atoms with Gasteiger partial charge in [-0.3, -0.25) is 29.3 Å². The van der Waals surface area contributed by atoms with Crippen molar-refractivity contribution in [1.82, 2.24) is 15.5 Å². The van der Waals surface area contributed by atoms with Crippen LogP contribution in [0.25, 0.3) is 0 Å². The van der Waals surface area contributed by atoms with E-state index in [1.54, 1.807) is 25.1 Å². The van der Waals surface area contributed by atoms with Crippen molar-refractivity contribution in [2.45, 2.75) is 96.7 Å². The second-order valence-corrected chi connectivity index (χ2v) is 11.5. The van der Waals surface area contributed by atoms with Crippen molar-refractivity contribution in [3.05, 3.63) is 102 Å². The second kappa shape index (κ2) is 20.4. The number of carbonyl (C=O) groups excluding carboxylic acids is 5. The summed E-state index contributed by atoms with van der Waals surface area (Å²) in [6.45, 7) is 3.89. The molecule has 9 nitrogen and oxygen atoms in total. The third-order valence-corrected chi connectivity index (χ3v) is 7.75. The molecule has 0 aliphatic carbocycles. The maximum Gasteiger partial charge on any atom is 0.255 e. The Balaban J connectivity index is 1.30. The molecule has 1 saturated heterocycles. The molecule has 3 rings (SSSR count). The highest BCUT2D eigenvalue weighted by Crippen LogP contribution is 2.32. The summed E-state index contributed by atoms with van der Waals surface area (Å²) in [5.74, 6) is -1.80. The Morgan fingerprint density at radius 3 is 2.02 bits per heavy atom. The molecule has 5 amide bonds. The number of allylic oxidation sites excluding steroid dienone is 12. The molecule has 2 heterocycles. The molecular formula is C38H48N4O5. The Morgan fingerprint density at radius 2 is 1.45 bits per heavy atom. The van der Waals surface area contributed by atoms with E-state index in [1.165, 1.54) is 4.90 Å². The van der Waals surface area contributed by atoms with Gasteiger partial charge in [-0.25, -0.2) is 0 Å². The zero-order valence-electron chi connectivity index (χ0n) is 27.6. The highest BCUT2D eigenvalue weighted by molar-refractivity contribution is 6.07. The van der Waals surface area contributed by atoms with E-state index in [2.05, 4.69) is 83.6 Å². The summed E-state index contributed by atoms with van der Waals surface area (Å²) in [4.78, 5) is 63.6. The van der Waals surface area contributed by atoms with Gasteiger partial charge in [-0.05, 0) is 70.4 Å². The Bertz CT molecular complexity index is 1440. The van der Waals surface area contributed by atoms with Crippen molar-refractivity contribution < 1.29 is 24.0 Å². The molecule has 0 bridgehead atoms. The van der Waals surface area contributed by atoms with Crippen LogP contribution in [0.1, 0.15) is 94.0 Å². The van der Waals surface area contributed by atoms with Crippen molar-refractivity contribution in [3.63, 3.8) is 0 Å². The first-order chi connectivity index (χ1) is 22.8. The summed E-state index contributed by atoms with van der Waals surface area (Å²) < 4.78 is 0. The SMILES string of the molecule is CC/C=C\C/C=C\C/C=C\C/C=C\C/C=C\C/C=C\CCC(=O)N[C@@H](C)C(=O)Nc1cccc2c1CN(C1CCC(=O)NC1=O)C2=O. The van der Waals surface area contributed by atoms with Crippen LogP contribution >= 0.6 is 0 Å². The minimum absolute atomic E-state index is 0.142. The zero-order valence-corrected chi connectivity index (χ0v) is 27.6. The van der Waals surface area contributed by atoms with Gasteiger partial charge in [0, 0.05) is 36.2 Å². The zero-order chi connectivity index (χ0) is 33.9. The van der Waals surface area contributed by atoms with E-state index in [4.69, 9.17) is 0 Å². The lowest BCUT2D eigenvalue weighted by Crippen LogP contribution is -2.52. The van der Waals surface area contributed by atoms with Crippen molar-refractivity contribution in [1.29, 1.82) is 0 Å². The van der Waals surface area contributed by atoms with E-state index in [0.717, 1.165) is 38.5 Å². The van der Waals surface area contributed by atoms with Gasteiger partial charge in [0.2, 0.25) is 23.6 Å². The number of rotatable bonds is 18. The first-order valence-corrected chi connectivity index (χ1v) is 16.6. The molecule has 2 aliphatic heterocycles. The molecule has 0 saturated carbocycles. The van der Waals surface area contributed by atoms with Crippen LogP contribution in [-0.4, -0.2) is 46.5 Å². The quantitative estimate of drug-likeness (QED) is 0.127. The number of amides is 5. The lowest BCUT2D eigenvalue weighted by molar-refractivity contribution is -0.137. The predicted molar refractivity (Wildman–Crippen MR) is 186 cm³/mol. The average molecular weight is 641 g/mol. The fraction of sp³-hybridized carbons (Fsp3) is 0.395. The van der Waals surface area contributed by atoms with Gasteiger partial charge < -0.3 is 15.5 Å². The lowest BCUT2D eigenvalue weighted by atomic mass is 10.0. The van der Waals surface area contributed by atoms with Crippen molar-refractivity contribution in [3.8, 4) is 0 Å². The summed E-state index contributed by atoms with van der Waals surface area (Å²) >= 11 is 0. The number of imide groups is 1. The largest absolute Gasteiger partial charge is 0.345 e. The van der Waals surface area contributed by atoms with Gasteiger partial charge in [-0.1, -0.05) is 85.9 Å². The standard InChI is InChI=1S/C38H48N4O5/c1-3-4-5-6-7-8-9-10-11-12-13-14-15-16-17-18-19-20-21-25-34(43)39-29(2)36(45)40-32-24-22-23-30-31(32)28-42(38(30)47)33-26-27-35(44)41-37(33)46/h4-5,7-8,10-11,13-14,16-17,19-20,22-24,29,33H,3,6,9,12,15,18,21,25-28H2,1-2H3,(H,39,43)(H,40,45)(H,41,44,46)/b5-4-,8-7-,11-10-,14-13-,17-16-,20-19-/t29-,33?/m0/s1. The first-order valence-electron chi connectivity index (χ1n) is 16.6. The molecule has 250 valence electrons. The Labute approximate surface area is 278 Å². The molecule has 47 heavy (non-hydrogen) atoms. The van der Waals surface area contributed by atoms with Crippen LogP contribution in [0.2, 0.25) is 0 Å². The van der Waals surface area contributed by atoms with Gasteiger partial charge >= 0.3 is 0 Å². The number of carbonyl (C=O) groups is 5. The molecule has 0 radical (unpaired) electrons. The van der Waals surface area contributed by atoms with Crippen LogP contribution in [0.15, 0.2) is 91.1 Å². The summed E-state index contributed by atoms with van der Waals surface area (Å²) in [6, 6.07) is 3.48. The maximum absolute atomic E-state index is 13.0. The molecule has 2 aliphatic rings. The fourth-order valence-corrected chi connectivity index (χ4v) is 5.18. The fourth-order valence-electron chi connectivity index (χ4n) is 5.18. The molecule has 1 aromatic rings. The van der Waals surface area contributed by atoms with Gasteiger partial charge in [0.25, 0.3) is 5.91 Å². The van der Waals surface area contributed by atoms with Crippen LogP contribution in [0.3, 0.4) is 0 Å². The van der Waals surface area contributed by atoms with Crippen LogP contribution in [-0.2, 0) is 25.7 Å². The monoisotopic (exact) mass is 640 g/mol. The number of anilines is 1. The molecule has 9 heteroatoms. The summed E-state index contributed by atoms with van der Waals surface area (Å²) in [7, 11) is 0. The minimum Gasteiger partial charge on any atom is -0.345 e. The van der Waals surface area contributed by atoms with Gasteiger partial charge in [0.1, 0.15) is 12.1 Å². The Morgan fingerprint density at radius 1 is 0.872 bits per heavy atom. The molecule has 2 atom stereocenters. The summed E-state index contributed by atoms with van der Waals surface area (Å²) in [5.41, 5.74) is 1.46. The maximum atomic E-state index is 13.0. The molecule has 1 unspecified atom stereocenters. The van der Waals surface area contributed by atoms with E-state index >= 15 is 0 Å². The predicted octanol–water partition coefficient (Wildman–Crippen LogP) is 6.37. The number of fused-ring (bicyclic) bond motifs is 1. The average Bonchev–Trinajstić information content (AvgIpc) is 3.38. The van der Waals surface area contributed by atoms with Crippen LogP contribution in [0.5, 0.6) is 0 Å². The topological polar surface area (TPSA) is 125 Å². The third kappa shape index (κ3) is 12.5. The van der Waals surface area contributed by atoms with Gasteiger partial charge in [0.15, 0.2) is 0 Å². The van der Waals surface area contributed by atoms with Crippen molar-refractivity contribution in [2.75, 3.05) is 5.32 Å². The van der Waals surface area contributed by atoms with E-state index < -0.39 is 23.9 Å². The summed E-state index contributed by atoms with van der Waals surface area (Å²) in [6.07, 6.45) is 32.5. The molecular weight excluding hydrogens is 592 g/mol. The first kappa shape index (κ1) is 36.7. The normalized spacial score (nSPS) is 17.6. The highest BCUT2D eigenvalue weighted by atomic mass is 16.2. The second-order valence-electron chi connectivity index (χ2n) is 11.5. The molecule has 3 N–H and O–H groups in total. The molecule has 1 aromatic carbocycles. The minimum atomic E-state index is -0.785. The number of piperidine rings is 1. The number of hydrogen-bond acceptors (Lipinski definition) is 5. The number of hydrogen-bond donors (Lipinski definition) is 3.